The van der Waals surface area contributed by atoms with E-state index in [2.05, 4.69) is 10.3 Å². The molecule has 9 heteroatoms. The lowest BCUT2D eigenvalue weighted by Gasteiger charge is -2.09. The normalized spacial score (nSPS) is 11.4. The fourth-order valence-electron chi connectivity index (χ4n) is 2.48. The molecule has 0 unspecified atom stereocenters. The highest BCUT2D eigenvalue weighted by atomic mass is 32.2. The zero-order chi connectivity index (χ0) is 19.6. The van der Waals surface area contributed by atoms with Crippen molar-refractivity contribution in [3.8, 4) is 11.5 Å². The number of fused-ring (bicyclic) bond motifs is 1. The highest BCUT2D eigenvalue weighted by Gasteiger charge is 2.13. The summed E-state index contributed by atoms with van der Waals surface area (Å²) in [4.78, 5) is 17.0. The fourth-order valence-corrected chi connectivity index (χ4v) is 4.10. The van der Waals surface area contributed by atoms with Gasteiger partial charge in [-0.1, -0.05) is 11.3 Å². The summed E-state index contributed by atoms with van der Waals surface area (Å²) in [7, 11) is -0.236. The maximum atomic E-state index is 12.4. The van der Waals surface area contributed by atoms with Crippen molar-refractivity contribution in [3.63, 3.8) is 0 Å². The van der Waals surface area contributed by atoms with Crippen LogP contribution in [0.15, 0.2) is 41.3 Å². The Morgan fingerprint density at radius 3 is 2.52 bits per heavy atom. The number of hydrogen-bond acceptors (Lipinski definition) is 8. The van der Waals surface area contributed by atoms with E-state index in [4.69, 9.17) is 9.47 Å². The third-order valence-electron chi connectivity index (χ3n) is 3.89. The van der Waals surface area contributed by atoms with Crippen LogP contribution in [0.5, 0.6) is 11.5 Å². The second-order valence-electron chi connectivity index (χ2n) is 5.77. The molecule has 1 heterocycles. The van der Waals surface area contributed by atoms with Gasteiger partial charge >= 0.3 is 0 Å². The van der Waals surface area contributed by atoms with Crippen LogP contribution in [-0.4, -0.2) is 46.2 Å². The van der Waals surface area contributed by atoms with E-state index < -0.39 is 9.84 Å². The van der Waals surface area contributed by atoms with Gasteiger partial charge < -0.3 is 14.8 Å². The molecule has 7 nitrogen and oxygen atoms in total. The smallest absolute Gasteiger partial charge is 0.184 e. The van der Waals surface area contributed by atoms with Crippen LogP contribution in [0.2, 0.25) is 0 Å². The molecular formula is C18H18N2O5S2. The molecule has 3 aromatic rings. The molecule has 27 heavy (non-hydrogen) atoms. The van der Waals surface area contributed by atoms with Crippen molar-refractivity contribution in [2.24, 2.45) is 0 Å². The van der Waals surface area contributed by atoms with Crippen molar-refractivity contribution in [3.05, 3.63) is 42.0 Å². The number of ketones is 1. The van der Waals surface area contributed by atoms with Crippen LogP contribution < -0.4 is 14.8 Å². The molecule has 0 amide bonds. The van der Waals surface area contributed by atoms with E-state index in [0.29, 0.717) is 27.7 Å². The van der Waals surface area contributed by atoms with Crippen molar-refractivity contribution < 1.29 is 22.7 Å². The standard InChI is InChI=1S/C18H18N2O5S2/c1-24-15-7-4-11(8-16(15)25-2)14(21)10-19-18-20-13-6-5-12(27(3,22)23)9-17(13)26-18/h4-9H,10H2,1-3H3,(H,19,20). The number of benzene rings is 2. The van der Waals surface area contributed by atoms with E-state index >= 15 is 0 Å². The van der Waals surface area contributed by atoms with Crippen LogP contribution in [-0.2, 0) is 9.84 Å². The Morgan fingerprint density at radius 2 is 1.85 bits per heavy atom. The molecule has 0 aliphatic heterocycles. The van der Waals surface area contributed by atoms with Gasteiger partial charge in [-0.05, 0) is 36.4 Å². The fraction of sp³-hybridized carbons (Fsp3) is 0.222. The first-order valence-electron chi connectivity index (χ1n) is 7.91. The van der Waals surface area contributed by atoms with E-state index in [1.54, 1.807) is 30.3 Å². The SMILES string of the molecule is COc1ccc(C(=O)CNc2nc3ccc(S(C)(=O)=O)cc3s2)cc1OC. The summed E-state index contributed by atoms with van der Waals surface area (Å²) in [6.45, 7) is 0.0498. The molecule has 0 aliphatic carbocycles. The molecule has 0 radical (unpaired) electrons. The van der Waals surface area contributed by atoms with Crippen LogP contribution in [0, 0.1) is 0 Å². The Kier molecular flexibility index (Phi) is 5.33. The van der Waals surface area contributed by atoms with E-state index in [-0.39, 0.29) is 17.2 Å². The van der Waals surface area contributed by atoms with Gasteiger partial charge in [-0.3, -0.25) is 4.79 Å². The number of rotatable bonds is 7. The van der Waals surface area contributed by atoms with Crippen molar-refractivity contribution in [2.45, 2.75) is 4.90 Å². The molecule has 142 valence electrons. The molecule has 3 rings (SSSR count). The van der Waals surface area contributed by atoms with E-state index in [1.807, 2.05) is 0 Å². The van der Waals surface area contributed by atoms with E-state index in [0.717, 1.165) is 11.0 Å². The highest BCUT2D eigenvalue weighted by molar-refractivity contribution is 7.90. The molecule has 0 spiro atoms. The molecule has 0 aliphatic rings. The number of nitrogens with one attached hydrogen (secondary N) is 1. The minimum Gasteiger partial charge on any atom is -0.493 e. The van der Waals surface area contributed by atoms with Gasteiger partial charge in [0.05, 0.1) is 35.9 Å². The predicted molar refractivity (Wildman–Crippen MR) is 105 cm³/mol. The summed E-state index contributed by atoms with van der Waals surface area (Å²) in [6, 6.07) is 9.74. The number of thiazole rings is 1. The third kappa shape index (κ3) is 4.20. The Balaban J connectivity index is 1.75. The molecule has 0 atom stereocenters. The summed E-state index contributed by atoms with van der Waals surface area (Å²) in [5, 5.41) is 3.54. The van der Waals surface area contributed by atoms with Gasteiger partial charge in [0.15, 0.2) is 32.3 Å². The largest absolute Gasteiger partial charge is 0.493 e. The van der Waals surface area contributed by atoms with Gasteiger partial charge in [0.1, 0.15) is 0 Å². The molecule has 0 bridgehead atoms. The molecule has 0 saturated heterocycles. The average molecular weight is 406 g/mol. The summed E-state index contributed by atoms with van der Waals surface area (Å²) >= 11 is 1.29. The van der Waals surface area contributed by atoms with Gasteiger partial charge in [0.2, 0.25) is 0 Å². The van der Waals surface area contributed by atoms with Crippen molar-refractivity contribution in [1.82, 2.24) is 4.98 Å². The number of Topliss-reactive ketones (excluding diaryl/α,β-unsaturated/α-hetero) is 1. The first-order chi connectivity index (χ1) is 12.8. The minimum absolute atomic E-state index is 0.0498. The van der Waals surface area contributed by atoms with Gasteiger partial charge in [-0.15, -0.1) is 0 Å². The summed E-state index contributed by atoms with van der Waals surface area (Å²) in [5.74, 6) is 0.901. The van der Waals surface area contributed by atoms with Crippen molar-refractivity contribution in [1.29, 1.82) is 0 Å². The van der Waals surface area contributed by atoms with Crippen LogP contribution in [0.3, 0.4) is 0 Å². The summed E-state index contributed by atoms with van der Waals surface area (Å²) < 4.78 is 34.4. The first-order valence-corrected chi connectivity index (χ1v) is 10.6. The van der Waals surface area contributed by atoms with Crippen LogP contribution in [0.1, 0.15) is 10.4 Å². The minimum atomic E-state index is -3.28. The summed E-state index contributed by atoms with van der Waals surface area (Å²) in [5.41, 5.74) is 1.16. The number of nitrogens with zero attached hydrogens (tertiary/aromatic N) is 1. The van der Waals surface area contributed by atoms with E-state index in [9.17, 15) is 13.2 Å². The van der Waals surface area contributed by atoms with Crippen molar-refractivity contribution in [2.75, 3.05) is 32.3 Å². The van der Waals surface area contributed by atoms with Crippen LogP contribution in [0.4, 0.5) is 5.13 Å². The van der Waals surface area contributed by atoms with Gasteiger partial charge in [0.25, 0.3) is 0 Å². The lowest BCUT2D eigenvalue weighted by molar-refractivity contribution is 0.101. The lowest BCUT2D eigenvalue weighted by Crippen LogP contribution is -2.14. The van der Waals surface area contributed by atoms with Crippen LogP contribution in [0.25, 0.3) is 10.2 Å². The number of ether oxygens (including phenoxy) is 2. The second-order valence-corrected chi connectivity index (χ2v) is 8.81. The topological polar surface area (TPSA) is 94.6 Å². The average Bonchev–Trinajstić information content (AvgIpc) is 3.06. The van der Waals surface area contributed by atoms with Crippen molar-refractivity contribution >= 4 is 42.3 Å². The highest BCUT2D eigenvalue weighted by Crippen LogP contribution is 2.29. The lowest BCUT2D eigenvalue weighted by atomic mass is 10.1. The number of aromatic nitrogens is 1. The van der Waals surface area contributed by atoms with Crippen LogP contribution >= 0.6 is 11.3 Å². The van der Waals surface area contributed by atoms with Gasteiger partial charge in [-0.2, -0.15) is 0 Å². The second kappa shape index (κ2) is 7.53. The molecule has 0 fully saturated rings. The summed E-state index contributed by atoms with van der Waals surface area (Å²) in [6.07, 6.45) is 1.16. The molecule has 1 N–H and O–H groups in total. The zero-order valence-corrected chi connectivity index (χ0v) is 16.6. The predicted octanol–water partition coefficient (Wildman–Crippen LogP) is 3.01. The Labute approximate surface area is 160 Å². The molecule has 1 aromatic heterocycles. The number of methoxy groups -OCH3 is 2. The number of hydrogen-bond donors (Lipinski definition) is 1. The maximum Gasteiger partial charge on any atom is 0.184 e. The maximum absolute atomic E-state index is 12.4. The Morgan fingerprint density at radius 1 is 1.11 bits per heavy atom. The Hall–Kier alpha value is -2.65. The van der Waals surface area contributed by atoms with E-state index in [1.165, 1.54) is 31.6 Å². The molecular weight excluding hydrogens is 388 g/mol. The van der Waals surface area contributed by atoms with Gasteiger partial charge in [-0.25, -0.2) is 13.4 Å². The Bertz CT molecular complexity index is 1110. The number of sulfone groups is 1. The molecule has 2 aromatic carbocycles. The molecule has 0 saturated carbocycles. The van der Waals surface area contributed by atoms with Gasteiger partial charge in [0, 0.05) is 11.8 Å². The number of anilines is 1. The monoisotopic (exact) mass is 406 g/mol. The first kappa shape index (κ1) is 19.1. The number of carbonyl (C=O) groups excluding carboxylic acids is 1. The quantitative estimate of drug-likeness (QED) is 0.603. The number of carbonyl (C=O) groups is 1. The zero-order valence-electron chi connectivity index (χ0n) is 15.0. The third-order valence-corrected chi connectivity index (χ3v) is 5.98.